The highest BCUT2D eigenvalue weighted by Crippen LogP contribution is 2.36. The largest absolute Gasteiger partial charge is 0.355 e. The minimum absolute atomic E-state index is 0.305. The topological polar surface area (TPSA) is 108 Å². The molecule has 0 radical (unpaired) electrons. The van der Waals surface area contributed by atoms with Crippen molar-refractivity contribution in [3.05, 3.63) is 0 Å². The quantitative estimate of drug-likeness (QED) is 0.619. The molecule has 2 fully saturated rings. The Morgan fingerprint density at radius 1 is 1.33 bits per heavy atom. The zero-order valence-corrected chi connectivity index (χ0v) is 14.5. The van der Waals surface area contributed by atoms with Crippen LogP contribution in [-0.4, -0.2) is 53.3 Å². The van der Waals surface area contributed by atoms with Crippen molar-refractivity contribution >= 4 is 23.8 Å². The number of urea groups is 1. The normalized spacial score (nSPS) is 27.8. The summed E-state index contributed by atoms with van der Waals surface area (Å²) < 4.78 is 0. The Hall–Kier alpha value is -2.12. The van der Waals surface area contributed by atoms with Crippen LogP contribution < -0.4 is 16.0 Å². The van der Waals surface area contributed by atoms with Crippen molar-refractivity contribution < 1.29 is 19.2 Å². The summed E-state index contributed by atoms with van der Waals surface area (Å²) >= 11 is 0. The number of imide groups is 1. The van der Waals surface area contributed by atoms with Crippen molar-refractivity contribution in [1.29, 1.82) is 0 Å². The Morgan fingerprint density at radius 2 is 1.96 bits per heavy atom. The van der Waals surface area contributed by atoms with Crippen LogP contribution >= 0.6 is 0 Å². The summed E-state index contributed by atoms with van der Waals surface area (Å²) in [6, 6.07) is -1.25. The number of carbonyl (C=O) groups is 4. The van der Waals surface area contributed by atoms with E-state index in [1.807, 2.05) is 0 Å². The molecule has 24 heavy (non-hydrogen) atoms. The molecule has 0 bridgehead atoms. The van der Waals surface area contributed by atoms with Gasteiger partial charge in [-0.25, -0.2) is 4.79 Å². The second-order valence-electron chi connectivity index (χ2n) is 6.77. The number of nitrogens with zero attached hydrogens (tertiary/aromatic N) is 1. The summed E-state index contributed by atoms with van der Waals surface area (Å²) in [6.45, 7) is 5.56. The van der Waals surface area contributed by atoms with Crippen LogP contribution in [0.2, 0.25) is 0 Å². The molecule has 8 nitrogen and oxygen atoms in total. The minimum atomic E-state index is -0.852. The van der Waals surface area contributed by atoms with Crippen molar-refractivity contribution in [3.63, 3.8) is 0 Å². The fourth-order valence-corrected chi connectivity index (χ4v) is 3.24. The van der Waals surface area contributed by atoms with Gasteiger partial charge in [0.15, 0.2) is 0 Å². The third kappa shape index (κ3) is 3.68. The van der Waals surface area contributed by atoms with Gasteiger partial charge in [0.25, 0.3) is 5.91 Å². The highest BCUT2D eigenvalue weighted by molar-refractivity contribution is 6.09. The molecule has 1 aliphatic carbocycles. The Bertz CT molecular complexity index is 540. The van der Waals surface area contributed by atoms with E-state index in [2.05, 4.69) is 22.9 Å². The molecule has 1 spiro atoms. The summed E-state index contributed by atoms with van der Waals surface area (Å²) in [6.07, 6.45) is 2.96. The van der Waals surface area contributed by atoms with E-state index in [4.69, 9.17) is 0 Å². The van der Waals surface area contributed by atoms with E-state index in [9.17, 15) is 19.2 Å². The Kier molecular flexibility index (Phi) is 5.46. The first-order valence-electron chi connectivity index (χ1n) is 8.50. The summed E-state index contributed by atoms with van der Waals surface area (Å²) in [5, 5.41) is 7.87. The first-order valence-corrected chi connectivity index (χ1v) is 8.50. The lowest BCUT2D eigenvalue weighted by atomic mass is 9.77. The molecular formula is C16H26N4O4. The van der Waals surface area contributed by atoms with Crippen LogP contribution in [0.4, 0.5) is 4.79 Å². The molecule has 5 amide bonds. The van der Waals surface area contributed by atoms with Gasteiger partial charge in [0.05, 0.1) is 0 Å². The van der Waals surface area contributed by atoms with Crippen LogP contribution in [0.3, 0.4) is 0 Å². The maximum Gasteiger partial charge on any atom is 0.325 e. The molecule has 3 N–H and O–H groups in total. The molecule has 1 saturated heterocycles. The molecule has 0 unspecified atom stereocenters. The molecule has 2 aliphatic rings. The highest BCUT2D eigenvalue weighted by atomic mass is 16.2. The first-order chi connectivity index (χ1) is 11.3. The molecular weight excluding hydrogens is 312 g/mol. The SMILES string of the molecule is CCNC(=O)[C@@H](C)NC(=O)CN1C(=O)NC2(CCC(C)CC2)C1=O. The molecule has 0 aromatic heterocycles. The number of rotatable bonds is 5. The van der Waals surface area contributed by atoms with E-state index in [1.54, 1.807) is 13.8 Å². The molecule has 1 saturated carbocycles. The van der Waals surface area contributed by atoms with Gasteiger partial charge in [0.1, 0.15) is 18.1 Å². The lowest BCUT2D eigenvalue weighted by Crippen LogP contribution is -2.51. The summed E-state index contributed by atoms with van der Waals surface area (Å²) in [7, 11) is 0. The third-order valence-electron chi connectivity index (χ3n) is 4.80. The number of hydrogen-bond acceptors (Lipinski definition) is 4. The fourth-order valence-electron chi connectivity index (χ4n) is 3.24. The van der Waals surface area contributed by atoms with Crippen molar-refractivity contribution in [1.82, 2.24) is 20.9 Å². The van der Waals surface area contributed by atoms with Crippen molar-refractivity contribution in [2.75, 3.05) is 13.1 Å². The molecule has 1 aliphatic heterocycles. The molecule has 0 aromatic carbocycles. The zero-order chi connectivity index (χ0) is 17.9. The molecule has 8 heteroatoms. The number of nitrogens with one attached hydrogen (secondary N) is 3. The number of amides is 5. The van der Waals surface area contributed by atoms with Gasteiger partial charge in [-0.05, 0) is 45.4 Å². The third-order valence-corrected chi connectivity index (χ3v) is 4.80. The summed E-state index contributed by atoms with van der Waals surface area (Å²) in [4.78, 5) is 49.4. The summed E-state index contributed by atoms with van der Waals surface area (Å²) in [5.74, 6) is -0.630. The Balaban J connectivity index is 1.95. The summed E-state index contributed by atoms with van der Waals surface area (Å²) in [5.41, 5.74) is -0.852. The predicted octanol–water partition coefficient (Wildman–Crippen LogP) is 0.128. The van der Waals surface area contributed by atoms with Crippen molar-refractivity contribution in [2.45, 2.75) is 58.0 Å². The van der Waals surface area contributed by atoms with Crippen LogP contribution in [-0.2, 0) is 14.4 Å². The lowest BCUT2D eigenvalue weighted by molar-refractivity contribution is -0.136. The fraction of sp³-hybridized carbons (Fsp3) is 0.750. The second kappa shape index (κ2) is 7.19. The van der Waals surface area contributed by atoms with Crippen LogP contribution in [0.5, 0.6) is 0 Å². The molecule has 2 rings (SSSR count). The van der Waals surface area contributed by atoms with E-state index in [0.29, 0.717) is 25.3 Å². The molecule has 1 heterocycles. The van der Waals surface area contributed by atoms with Gasteiger partial charge in [-0.1, -0.05) is 6.92 Å². The van der Waals surface area contributed by atoms with E-state index in [-0.39, 0.29) is 18.4 Å². The van der Waals surface area contributed by atoms with Gasteiger partial charge in [-0.15, -0.1) is 0 Å². The average Bonchev–Trinajstić information content (AvgIpc) is 2.75. The smallest absolute Gasteiger partial charge is 0.325 e. The minimum Gasteiger partial charge on any atom is -0.355 e. The van der Waals surface area contributed by atoms with Gasteiger partial charge in [-0.3, -0.25) is 19.3 Å². The van der Waals surface area contributed by atoms with E-state index in [0.717, 1.165) is 17.7 Å². The van der Waals surface area contributed by atoms with E-state index < -0.39 is 23.5 Å². The van der Waals surface area contributed by atoms with E-state index >= 15 is 0 Å². The Labute approximate surface area is 141 Å². The molecule has 0 aromatic rings. The standard InChI is InChI=1S/C16H26N4O4/c1-4-17-13(22)11(3)18-12(21)9-20-14(23)16(19-15(20)24)7-5-10(2)6-8-16/h10-11H,4-9H2,1-3H3,(H,17,22)(H,18,21)(H,19,24)/t10?,11-,16?/m1/s1. The maximum atomic E-state index is 12.6. The van der Waals surface area contributed by atoms with Crippen LogP contribution in [0.1, 0.15) is 46.5 Å². The van der Waals surface area contributed by atoms with Crippen LogP contribution in [0, 0.1) is 5.92 Å². The molecule has 1 atom stereocenters. The van der Waals surface area contributed by atoms with Crippen LogP contribution in [0.25, 0.3) is 0 Å². The monoisotopic (exact) mass is 338 g/mol. The Morgan fingerprint density at radius 3 is 2.54 bits per heavy atom. The van der Waals surface area contributed by atoms with E-state index in [1.165, 1.54) is 0 Å². The van der Waals surface area contributed by atoms with Gasteiger partial charge < -0.3 is 16.0 Å². The zero-order valence-electron chi connectivity index (χ0n) is 14.5. The first kappa shape index (κ1) is 18.2. The number of carbonyl (C=O) groups excluding carboxylic acids is 4. The molecule has 134 valence electrons. The highest BCUT2D eigenvalue weighted by Gasteiger charge is 2.52. The van der Waals surface area contributed by atoms with Gasteiger partial charge in [-0.2, -0.15) is 0 Å². The average molecular weight is 338 g/mol. The van der Waals surface area contributed by atoms with Gasteiger partial charge in [0.2, 0.25) is 11.8 Å². The van der Waals surface area contributed by atoms with Crippen LogP contribution in [0.15, 0.2) is 0 Å². The number of likely N-dealkylation sites (N-methyl/N-ethyl adjacent to an activating group) is 1. The predicted molar refractivity (Wildman–Crippen MR) is 86.9 cm³/mol. The van der Waals surface area contributed by atoms with Crippen molar-refractivity contribution in [2.24, 2.45) is 5.92 Å². The second-order valence-corrected chi connectivity index (χ2v) is 6.77. The number of hydrogen-bond donors (Lipinski definition) is 3. The van der Waals surface area contributed by atoms with Crippen molar-refractivity contribution in [3.8, 4) is 0 Å². The lowest BCUT2D eigenvalue weighted by Gasteiger charge is -2.33. The maximum absolute atomic E-state index is 12.6. The van der Waals surface area contributed by atoms with Gasteiger partial charge >= 0.3 is 6.03 Å². The van der Waals surface area contributed by atoms with Gasteiger partial charge in [0, 0.05) is 6.54 Å².